The van der Waals surface area contributed by atoms with Crippen LogP contribution in [0.25, 0.3) is 0 Å². The van der Waals surface area contributed by atoms with E-state index >= 15 is 0 Å². The van der Waals surface area contributed by atoms with Crippen molar-refractivity contribution in [2.24, 2.45) is 0 Å². The third-order valence-corrected chi connectivity index (χ3v) is 5.23. The molecule has 0 spiro atoms. The first kappa shape index (κ1) is 22.7. The zero-order chi connectivity index (χ0) is 21.9. The molecule has 1 aromatic heterocycles. The Kier molecular flexibility index (Phi) is 6.83. The maximum Gasteiger partial charge on any atom is 0.417 e. The van der Waals surface area contributed by atoms with Crippen molar-refractivity contribution in [2.45, 2.75) is 25.1 Å². The summed E-state index contributed by atoms with van der Waals surface area (Å²) in [6.07, 6.45) is -3.76. The normalized spacial score (nSPS) is 17.7. The summed E-state index contributed by atoms with van der Waals surface area (Å²) >= 11 is 5.67. The molecular formula is C18H20ClF5N4O2. The van der Waals surface area contributed by atoms with Crippen LogP contribution in [0.5, 0.6) is 5.75 Å². The molecule has 1 aliphatic heterocycles. The molecule has 3 rings (SSSR count). The molecule has 0 bridgehead atoms. The van der Waals surface area contributed by atoms with Gasteiger partial charge in [0.25, 0.3) is 0 Å². The Morgan fingerprint density at radius 3 is 2.33 bits per heavy atom. The van der Waals surface area contributed by atoms with Crippen LogP contribution in [0.15, 0.2) is 18.5 Å². The number of halogens is 6. The van der Waals surface area contributed by atoms with Crippen molar-refractivity contribution < 1.29 is 31.4 Å². The van der Waals surface area contributed by atoms with E-state index in [0.29, 0.717) is 33.1 Å². The van der Waals surface area contributed by atoms with Gasteiger partial charge in [0, 0.05) is 31.8 Å². The second-order valence-corrected chi connectivity index (χ2v) is 7.27. The lowest BCUT2D eigenvalue weighted by Gasteiger charge is -2.33. The summed E-state index contributed by atoms with van der Waals surface area (Å²) in [5.41, 5.74) is -4.45. The van der Waals surface area contributed by atoms with Gasteiger partial charge in [-0.15, -0.1) is 0 Å². The summed E-state index contributed by atoms with van der Waals surface area (Å²) in [5.74, 6) is -3.06. The van der Waals surface area contributed by atoms with Crippen LogP contribution in [-0.4, -0.2) is 65.3 Å². The van der Waals surface area contributed by atoms with Gasteiger partial charge in [0.2, 0.25) is 5.28 Å². The van der Waals surface area contributed by atoms with E-state index in [1.165, 1.54) is 0 Å². The fraction of sp³-hybridized carbons (Fsp3) is 0.556. The van der Waals surface area contributed by atoms with Gasteiger partial charge in [-0.3, -0.25) is 4.90 Å². The quantitative estimate of drug-likeness (QED) is 0.472. The molecule has 1 atom stereocenters. The lowest BCUT2D eigenvalue weighted by Crippen LogP contribution is -2.48. The lowest BCUT2D eigenvalue weighted by molar-refractivity contribution is -0.199. The second-order valence-electron chi connectivity index (χ2n) is 6.93. The summed E-state index contributed by atoms with van der Waals surface area (Å²) in [7, 11) is 0. The van der Waals surface area contributed by atoms with Crippen LogP contribution in [0.1, 0.15) is 18.9 Å². The first-order valence-corrected chi connectivity index (χ1v) is 9.57. The molecule has 30 heavy (non-hydrogen) atoms. The maximum atomic E-state index is 14.7. The number of benzene rings is 1. The van der Waals surface area contributed by atoms with E-state index in [-0.39, 0.29) is 17.0 Å². The predicted molar refractivity (Wildman–Crippen MR) is 97.6 cm³/mol. The molecule has 0 radical (unpaired) electrons. The first-order valence-electron chi connectivity index (χ1n) is 9.19. The van der Waals surface area contributed by atoms with E-state index in [2.05, 4.69) is 15.0 Å². The van der Waals surface area contributed by atoms with Gasteiger partial charge in [0.1, 0.15) is 23.7 Å². The van der Waals surface area contributed by atoms with E-state index in [9.17, 15) is 22.0 Å². The van der Waals surface area contributed by atoms with Gasteiger partial charge in [0.05, 0.1) is 25.4 Å². The number of aromatic nitrogens is 3. The minimum Gasteiger partial charge on any atom is -0.493 e. The Morgan fingerprint density at radius 1 is 1.17 bits per heavy atom. The van der Waals surface area contributed by atoms with Crippen LogP contribution in [0.2, 0.25) is 5.28 Å². The molecule has 1 saturated heterocycles. The fourth-order valence-corrected chi connectivity index (χ4v) is 3.55. The summed E-state index contributed by atoms with van der Waals surface area (Å²) in [6, 6.07) is 1.45. The third kappa shape index (κ3) is 4.52. The van der Waals surface area contributed by atoms with Crippen molar-refractivity contribution in [1.82, 2.24) is 19.7 Å². The zero-order valence-corrected chi connectivity index (χ0v) is 16.8. The first-order chi connectivity index (χ1) is 14.1. The number of nitrogens with zero attached hydrogens (tertiary/aromatic N) is 4. The SMILES string of the molecule is CC(c1c(F)cc(OCCCN2CCOCC2)cc1F)(n1ncnc1Cl)C(F)(F)F. The number of hydrogen-bond acceptors (Lipinski definition) is 5. The molecule has 2 heterocycles. The standard InChI is InChI=1S/C18H20ClF5N4O2/c1-17(18(22,23)24,28-16(19)25-11-26-28)15-13(20)9-12(10-14(15)21)30-6-2-3-27-4-7-29-8-5-27/h9-11H,2-8H2,1H3. The molecule has 12 heteroatoms. The Labute approximate surface area is 174 Å². The highest BCUT2D eigenvalue weighted by atomic mass is 35.5. The molecule has 2 aromatic rings. The Morgan fingerprint density at radius 2 is 1.80 bits per heavy atom. The number of ether oxygens (including phenoxy) is 2. The van der Waals surface area contributed by atoms with Gasteiger partial charge in [-0.2, -0.15) is 18.3 Å². The van der Waals surface area contributed by atoms with Gasteiger partial charge in [-0.05, 0) is 24.9 Å². The van der Waals surface area contributed by atoms with Crippen LogP contribution in [0.4, 0.5) is 22.0 Å². The molecule has 0 N–H and O–H groups in total. The smallest absolute Gasteiger partial charge is 0.417 e. The summed E-state index contributed by atoms with van der Waals surface area (Å²) in [4.78, 5) is 5.58. The van der Waals surface area contributed by atoms with Crippen molar-refractivity contribution in [3.05, 3.63) is 40.9 Å². The highest BCUT2D eigenvalue weighted by Gasteiger charge is 2.58. The molecule has 0 saturated carbocycles. The zero-order valence-electron chi connectivity index (χ0n) is 16.1. The van der Waals surface area contributed by atoms with Crippen molar-refractivity contribution in [2.75, 3.05) is 39.5 Å². The van der Waals surface area contributed by atoms with Crippen LogP contribution in [0.3, 0.4) is 0 Å². The summed E-state index contributed by atoms with van der Waals surface area (Å²) < 4.78 is 81.9. The topological polar surface area (TPSA) is 52.4 Å². The molecule has 166 valence electrons. The van der Waals surface area contributed by atoms with E-state index in [0.717, 1.165) is 31.5 Å². The molecule has 1 unspecified atom stereocenters. The largest absolute Gasteiger partial charge is 0.493 e. The van der Waals surface area contributed by atoms with Gasteiger partial charge < -0.3 is 9.47 Å². The second kappa shape index (κ2) is 9.03. The van der Waals surface area contributed by atoms with E-state index < -0.39 is 34.2 Å². The molecule has 6 nitrogen and oxygen atoms in total. The number of alkyl halides is 3. The minimum atomic E-state index is -5.12. The Balaban J connectivity index is 1.78. The molecule has 0 amide bonds. The number of rotatable bonds is 7. The van der Waals surface area contributed by atoms with Crippen LogP contribution in [-0.2, 0) is 10.3 Å². The highest BCUT2D eigenvalue weighted by Crippen LogP contribution is 2.45. The highest BCUT2D eigenvalue weighted by molar-refractivity contribution is 6.28. The van der Waals surface area contributed by atoms with Crippen LogP contribution >= 0.6 is 11.6 Å². The monoisotopic (exact) mass is 454 g/mol. The van der Waals surface area contributed by atoms with Gasteiger partial charge >= 0.3 is 6.18 Å². The average Bonchev–Trinajstić information content (AvgIpc) is 3.11. The van der Waals surface area contributed by atoms with Crippen molar-refractivity contribution >= 4 is 11.6 Å². The Hall–Kier alpha value is -1.98. The Bertz CT molecular complexity index is 849. The van der Waals surface area contributed by atoms with Crippen molar-refractivity contribution in [3.8, 4) is 5.75 Å². The van der Waals surface area contributed by atoms with Gasteiger partial charge in [-0.1, -0.05) is 0 Å². The molecule has 0 aliphatic carbocycles. The molecular weight excluding hydrogens is 435 g/mol. The minimum absolute atomic E-state index is 0.154. The number of hydrogen-bond donors (Lipinski definition) is 0. The third-order valence-electron chi connectivity index (χ3n) is 4.98. The fourth-order valence-electron chi connectivity index (χ4n) is 3.30. The molecule has 1 aliphatic rings. The molecule has 1 aromatic carbocycles. The van der Waals surface area contributed by atoms with E-state index in [1.807, 2.05) is 0 Å². The maximum absolute atomic E-state index is 14.7. The van der Waals surface area contributed by atoms with Crippen molar-refractivity contribution in [1.29, 1.82) is 0 Å². The van der Waals surface area contributed by atoms with Crippen molar-refractivity contribution in [3.63, 3.8) is 0 Å². The molecule has 1 fully saturated rings. The number of morpholine rings is 1. The van der Waals surface area contributed by atoms with E-state index in [4.69, 9.17) is 21.1 Å². The summed E-state index contributed by atoms with van der Waals surface area (Å²) in [6.45, 7) is 4.32. The van der Waals surface area contributed by atoms with E-state index in [1.54, 1.807) is 0 Å². The van der Waals surface area contributed by atoms with Gasteiger partial charge in [-0.25, -0.2) is 18.4 Å². The predicted octanol–water partition coefficient (Wildman–Crippen LogP) is 3.64. The van der Waals surface area contributed by atoms with Crippen LogP contribution in [0, 0.1) is 11.6 Å². The van der Waals surface area contributed by atoms with Crippen LogP contribution < -0.4 is 4.74 Å². The summed E-state index contributed by atoms with van der Waals surface area (Å²) in [5, 5.41) is 2.76. The average molecular weight is 455 g/mol. The van der Waals surface area contributed by atoms with Gasteiger partial charge in [0.15, 0.2) is 5.54 Å². The lowest BCUT2D eigenvalue weighted by atomic mass is 9.90.